The van der Waals surface area contributed by atoms with Crippen LogP contribution in [0.1, 0.15) is 22.8 Å². The van der Waals surface area contributed by atoms with Crippen molar-refractivity contribution >= 4 is 10.9 Å². The zero-order valence-electron chi connectivity index (χ0n) is 11.8. The Morgan fingerprint density at radius 2 is 1.95 bits per heavy atom. The molecule has 1 N–H and O–H groups in total. The van der Waals surface area contributed by atoms with E-state index in [0.717, 1.165) is 22.0 Å². The maximum Gasteiger partial charge on any atom is 0.123 e. The number of fused-ring (bicyclic) bond motifs is 1. The summed E-state index contributed by atoms with van der Waals surface area (Å²) in [5, 5.41) is 11.5. The molecule has 0 bridgehead atoms. The maximum atomic E-state index is 13.4. The Labute approximate surface area is 122 Å². The van der Waals surface area contributed by atoms with Crippen LogP contribution in [-0.2, 0) is 6.42 Å². The number of rotatable bonds is 3. The molecule has 0 amide bonds. The maximum absolute atomic E-state index is 13.4. The zero-order valence-corrected chi connectivity index (χ0v) is 11.8. The van der Waals surface area contributed by atoms with Gasteiger partial charge in [-0.05, 0) is 47.9 Å². The molecule has 2 nitrogen and oxygen atoms in total. The van der Waals surface area contributed by atoms with E-state index in [1.54, 1.807) is 12.3 Å². The molecule has 0 saturated carbocycles. The van der Waals surface area contributed by atoms with Gasteiger partial charge in [-0.1, -0.05) is 24.3 Å². The second-order valence-corrected chi connectivity index (χ2v) is 5.21. The molecule has 0 spiro atoms. The van der Waals surface area contributed by atoms with E-state index in [0.29, 0.717) is 12.0 Å². The summed E-state index contributed by atoms with van der Waals surface area (Å²) in [7, 11) is 0. The Bertz CT molecular complexity index is 780. The third kappa shape index (κ3) is 2.78. The molecule has 1 heterocycles. The average molecular weight is 281 g/mol. The van der Waals surface area contributed by atoms with Gasteiger partial charge in [-0.15, -0.1) is 0 Å². The van der Waals surface area contributed by atoms with Crippen molar-refractivity contribution in [2.24, 2.45) is 0 Å². The fourth-order valence-electron chi connectivity index (χ4n) is 2.62. The molecular formula is C18H16FNO. The number of halogens is 1. The molecule has 1 unspecified atom stereocenters. The van der Waals surface area contributed by atoms with Crippen LogP contribution in [0, 0.1) is 12.7 Å². The molecule has 0 saturated heterocycles. The van der Waals surface area contributed by atoms with E-state index >= 15 is 0 Å². The molecule has 3 rings (SSSR count). The van der Waals surface area contributed by atoms with E-state index in [1.807, 2.05) is 37.3 Å². The monoisotopic (exact) mass is 281 g/mol. The van der Waals surface area contributed by atoms with Gasteiger partial charge < -0.3 is 5.11 Å². The van der Waals surface area contributed by atoms with E-state index in [4.69, 9.17) is 0 Å². The first-order valence-corrected chi connectivity index (χ1v) is 6.92. The fraction of sp³-hybridized carbons (Fsp3) is 0.167. The summed E-state index contributed by atoms with van der Waals surface area (Å²) in [6.07, 6.45) is 1.45. The van der Waals surface area contributed by atoms with Crippen molar-refractivity contribution in [2.75, 3.05) is 0 Å². The van der Waals surface area contributed by atoms with E-state index in [2.05, 4.69) is 4.98 Å². The number of aliphatic hydroxyl groups is 1. The Morgan fingerprint density at radius 1 is 1.14 bits per heavy atom. The number of benzene rings is 2. The molecule has 21 heavy (non-hydrogen) atoms. The highest BCUT2D eigenvalue weighted by molar-refractivity contribution is 5.81. The first-order chi connectivity index (χ1) is 10.1. The van der Waals surface area contributed by atoms with Crippen molar-refractivity contribution in [3.05, 3.63) is 77.2 Å². The number of pyridine rings is 1. The number of hydrogen-bond donors (Lipinski definition) is 1. The van der Waals surface area contributed by atoms with Gasteiger partial charge in [0, 0.05) is 18.0 Å². The molecule has 0 aliphatic carbocycles. The van der Waals surface area contributed by atoms with Gasteiger partial charge in [0.2, 0.25) is 0 Å². The van der Waals surface area contributed by atoms with Crippen molar-refractivity contribution < 1.29 is 9.50 Å². The van der Waals surface area contributed by atoms with Crippen LogP contribution in [0.4, 0.5) is 4.39 Å². The van der Waals surface area contributed by atoms with Gasteiger partial charge in [-0.2, -0.15) is 0 Å². The van der Waals surface area contributed by atoms with Crippen molar-refractivity contribution in [1.82, 2.24) is 4.98 Å². The minimum Gasteiger partial charge on any atom is -0.388 e. The van der Waals surface area contributed by atoms with Crippen LogP contribution in [0.2, 0.25) is 0 Å². The van der Waals surface area contributed by atoms with Crippen LogP contribution >= 0.6 is 0 Å². The number of aliphatic hydroxyl groups excluding tert-OH is 1. The fourth-order valence-corrected chi connectivity index (χ4v) is 2.62. The summed E-state index contributed by atoms with van der Waals surface area (Å²) >= 11 is 0. The van der Waals surface area contributed by atoms with Crippen molar-refractivity contribution in [2.45, 2.75) is 19.4 Å². The van der Waals surface area contributed by atoms with E-state index in [-0.39, 0.29) is 5.82 Å². The number of nitrogens with zero attached hydrogens (tertiary/aromatic N) is 1. The lowest BCUT2D eigenvalue weighted by molar-refractivity contribution is 0.177. The number of aryl methyl sites for hydroxylation is 1. The predicted octanol–water partition coefficient (Wildman–Crippen LogP) is 3.96. The second-order valence-electron chi connectivity index (χ2n) is 5.21. The van der Waals surface area contributed by atoms with Gasteiger partial charge >= 0.3 is 0 Å². The van der Waals surface area contributed by atoms with Gasteiger partial charge in [0.1, 0.15) is 5.82 Å². The first kappa shape index (κ1) is 13.7. The van der Waals surface area contributed by atoms with Crippen molar-refractivity contribution in [3.63, 3.8) is 0 Å². The predicted molar refractivity (Wildman–Crippen MR) is 81.5 cm³/mol. The summed E-state index contributed by atoms with van der Waals surface area (Å²) in [6.45, 7) is 1.88. The van der Waals surface area contributed by atoms with Gasteiger partial charge in [-0.25, -0.2) is 4.39 Å². The molecule has 106 valence electrons. The lowest BCUT2D eigenvalue weighted by Crippen LogP contribution is -2.05. The van der Waals surface area contributed by atoms with Crippen molar-refractivity contribution in [3.8, 4) is 0 Å². The van der Waals surface area contributed by atoms with E-state index < -0.39 is 6.10 Å². The molecule has 0 aliphatic rings. The summed E-state index contributed by atoms with van der Waals surface area (Å²) in [6, 6.07) is 14.2. The topological polar surface area (TPSA) is 33.1 Å². The smallest absolute Gasteiger partial charge is 0.123 e. The summed E-state index contributed by atoms with van der Waals surface area (Å²) in [5.74, 6) is -0.325. The number of hydrogen-bond acceptors (Lipinski definition) is 2. The van der Waals surface area contributed by atoms with Crippen LogP contribution in [0.3, 0.4) is 0 Å². The Balaban J connectivity index is 1.96. The van der Waals surface area contributed by atoms with Crippen LogP contribution < -0.4 is 0 Å². The minimum absolute atomic E-state index is 0.325. The normalized spacial score (nSPS) is 12.5. The molecule has 1 atom stereocenters. The molecular weight excluding hydrogens is 265 g/mol. The molecule has 0 aliphatic heterocycles. The third-order valence-corrected chi connectivity index (χ3v) is 3.75. The van der Waals surface area contributed by atoms with E-state index in [1.165, 1.54) is 12.1 Å². The molecule has 1 aromatic heterocycles. The molecule has 0 radical (unpaired) electrons. The standard InChI is InChI=1S/C18H16FNO/c1-12-6-7-14(19)11-16(12)18(21)10-13-8-9-20-17-5-3-2-4-15(13)17/h2-9,11,18,21H,10H2,1H3. The molecule has 0 fully saturated rings. The Morgan fingerprint density at radius 3 is 2.81 bits per heavy atom. The van der Waals surface area contributed by atoms with Gasteiger partial charge in [0.15, 0.2) is 0 Å². The summed E-state index contributed by atoms with van der Waals surface area (Å²) in [5.41, 5.74) is 3.44. The van der Waals surface area contributed by atoms with Gasteiger partial charge in [0.25, 0.3) is 0 Å². The first-order valence-electron chi connectivity index (χ1n) is 6.92. The molecule has 3 heteroatoms. The lowest BCUT2D eigenvalue weighted by Gasteiger charge is -2.15. The zero-order chi connectivity index (χ0) is 14.8. The highest BCUT2D eigenvalue weighted by Gasteiger charge is 2.14. The highest BCUT2D eigenvalue weighted by Crippen LogP contribution is 2.25. The van der Waals surface area contributed by atoms with Gasteiger partial charge in [0.05, 0.1) is 11.6 Å². The number of aromatic nitrogens is 1. The summed E-state index contributed by atoms with van der Waals surface area (Å²) < 4.78 is 13.4. The summed E-state index contributed by atoms with van der Waals surface area (Å²) in [4.78, 5) is 4.31. The third-order valence-electron chi connectivity index (χ3n) is 3.75. The second kappa shape index (κ2) is 5.62. The largest absolute Gasteiger partial charge is 0.388 e. The van der Waals surface area contributed by atoms with Crippen molar-refractivity contribution in [1.29, 1.82) is 0 Å². The Kier molecular flexibility index (Phi) is 3.67. The number of para-hydroxylation sites is 1. The lowest BCUT2D eigenvalue weighted by atomic mass is 9.96. The van der Waals surface area contributed by atoms with Crippen LogP contribution in [0.15, 0.2) is 54.7 Å². The Hall–Kier alpha value is -2.26. The average Bonchev–Trinajstić information content (AvgIpc) is 2.50. The van der Waals surface area contributed by atoms with Gasteiger partial charge in [-0.3, -0.25) is 4.98 Å². The highest BCUT2D eigenvalue weighted by atomic mass is 19.1. The van der Waals surface area contributed by atoms with Crippen LogP contribution in [0.25, 0.3) is 10.9 Å². The van der Waals surface area contributed by atoms with E-state index in [9.17, 15) is 9.50 Å². The minimum atomic E-state index is -0.730. The molecule has 3 aromatic rings. The quantitative estimate of drug-likeness (QED) is 0.788. The van der Waals surface area contributed by atoms with Crippen LogP contribution in [-0.4, -0.2) is 10.1 Å². The SMILES string of the molecule is Cc1ccc(F)cc1C(O)Cc1ccnc2ccccc12. The van der Waals surface area contributed by atoms with Crippen LogP contribution in [0.5, 0.6) is 0 Å². The molecule has 2 aromatic carbocycles.